The fourth-order valence-corrected chi connectivity index (χ4v) is 2.34. The molecule has 0 aliphatic carbocycles. The fourth-order valence-electron chi connectivity index (χ4n) is 1.85. The minimum atomic E-state index is -0.851. The van der Waals surface area contributed by atoms with E-state index < -0.39 is 5.97 Å². The van der Waals surface area contributed by atoms with Crippen molar-refractivity contribution in [1.29, 1.82) is 0 Å². The van der Waals surface area contributed by atoms with Gasteiger partial charge in [-0.15, -0.1) is 0 Å². The number of hydrogen-bond acceptors (Lipinski definition) is 2. The second-order valence-corrected chi connectivity index (χ2v) is 5.20. The molecule has 0 aromatic heterocycles. The molecule has 0 saturated heterocycles. The van der Waals surface area contributed by atoms with Gasteiger partial charge in [0.1, 0.15) is 0 Å². The number of carbonyl (C=O) groups is 1. The molecule has 1 aromatic rings. The minimum Gasteiger partial charge on any atom is -0.478 e. The first-order valence-electron chi connectivity index (χ1n) is 5.88. The van der Waals surface area contributed by atoms with E-state index in [9.17, 15) is 9.90 Å². The SMILES string of the molecule is CCCN(CCC)c1ccc(I)cc1C(=O)O. The summed E-state index contributed by atoms with van der Waals surface area (Å²) < 4.78 is 0.955. The van der Waals surface area contributed by atoms with E-state index in [1.807, 2.05) is 12.1 Å². The Hall–Kier alpha value is -0.780. The smallest absolute Gasteiger partial charge is 0.337 e. The van der Waals surface area contributed by atoms with Crippen LogP contribution < -0.4 is 4.90 Å². The van der Waals surface area contributed by atoms with Crippen molar-refractivity contribution in [1.82, 2.24) is 0 Å². The van der Waals surface area contributed by atoms with Gasteiger partial charge in [-0.25, -0.2) is 4.79 Å². The number of benzene rings is 1. The van der Waals surface area contributed by atoms with Crippen molar-refractivity contribution in [2.75, 3.05) is 18.0 Å². The van der Waals surface area contributed by atoms with Crippen LogP contribution in [0.4, 0.5) is 5.69 Å². The highest BCUT2D eigenvalue weighted by atomic mass is 127. The number of hydrogen-bond donors (Lipinski definition) is 1. The molecule has 0 atom stereocenters. The third-order valence-electron chi connectivity index (χ3n) is 2.52. The lowest BCUT2D eigenvalue weighted by Crippen LogP contribution is -2.26. The Morgan fingerprint density at radius 2 is 1.88 bits per heavy atom. The van der Waals surface area contributed by atoms with E-state index in [0.29, 0.717) is 5.56 Å². The van der Waals surface area contributed by atoms with Crippen molar-refractivity contribution in [2.45, 2.75) is 26.7 Å². The first-order valence-corrected chi connectivity index (χ1v) is 6.95. The largest absolute Gasteiger partial charge is 0.478 e. The van der Waals surface area contributed by atoms with E-state index in [4.69, 9.17) is 0 Å². The summed E-state index contributed by atoms with van der Waals surface area (Å²) >= 11 is 2.14. The van der Waals surface area contributed by atoms with E-state index in [-0.39, 0.29) is 0 Å². The van der Waals surface area contributed by atoms with Gasteiger partial charge in [0.25, 0.3) is 0 Å². The van der Waals surface area contributed by atoms with E-state index >= 15 is 0 Å². The van der Waals surface area contributed by atoms with Crippen molar-refractivity contribution in [2.24, 2.45) is 0 Å². The molecule has 0 radical (unpaired) electrons. The number of aromatic carboxylic acids is 1. The average molecular weight is 347 g/mol. The summed E-state index contributed by atoms with van der Waals surface area (Å²) in [5, 5.41) is 9.25. The van der Waals surface area contributed by atoms with Crippen LogP contribution in [-0.4, -0.2) is 24.2 Å². The van der Waals surface area contributed by atoms with Gasteiger partial charge in [0.2, 0.25) is 0 Å². The predicted molar refractivity (Wildman–Crippen MR) is 78.9 cm³/mol. The van der Waals surface area contributed by atoms with Crippen molar-refractivity contribution in [3.8, 4) is 0 Å². The molecule has 1 aromatic carbocycles. The summed E-state index contributed by atoms with van der Waals surface area (Å²) in [6.07, 6.45) is 2.04. The highest BCUT2D eigenvalue weighted by molar-refractivity contribution is 14.1. The van der Waals surface area contributed by atoms with Gasteiger partial charge in [0.05, 0.1) is 11.3 Å². The van der Waals surface area contributed by atoms with E-state index in [1.54, 1.807) is 6.07 Å². The van der Waals surface area contributed by atoms with Gasteiger partial charge in [0, 0.05) is 16.7 Å². The first kappa shape index (κ1) is 14.3. The monoisotopic (exact) mass is 347 g/mol. The van der Waals surface area contributed by atoms with Crippen LogP contribution in [0.15, 0.2) is 18.2 Å². The summed E-state index contributed by atoms with van der Waals surface area (Å²) in [6.45, 7) is 6.01. The molecule has 17 heavy (non-hydrogen) atoms. The van der Waals surface area contributed by atoms with Gasteiger partial charge in [-0.2, -0.15) is 0 Å². The van der Waals surface area contributed by atoms with Crippen molar-refractivity contribution in [3.05, 3.63) is 27.3 Å². The number of anilines is 1. The molecular formula is C13H18INO2. The van der Waals surface area contributed by atoms with Crippen molar-refractivity contribution < 1.29 is 9.90 Å². The van der Waals surface area contributed by atoms with Gasteiger partial charge in [0.15, 0.2) is 0 Å². The first-order chi connectivity index (χ1) is 8.10. The van der Waals surface area contributed by atoms with Crippen LogP contribution in [0.25, 0.3) is 0 Å². The topological polar surface area (TPSA) is 40.5 Å². The van der Waals surface area contributed by atoms with Gasteiger partial charge in [-0.05, 0) is 53.6 Å². The van der Waals surface area contributed by atoms with E-state index in [0.717, 1.165) is 35.2 Å². The van der Waals surface area contributed by atoms with E-state index in [2.05, 4.69) is 41.3 Å². The molecule has 1 N–H and O–H groups in total. The molecule has 0 spiro atoms. The molecule has 0 saturated carbocycles. The van der Waals surface area contributed by atoms with Crippen LogP contribution in [0.5, 0.6) is 0 Å². The molecule has 3 nitrogen and oxygen atoms in total. The van der Waals surface area contributed by atoms with Crippen molar-refractivity contribution in [3.63, 3.8) is 0 Å². The molecule has 0 aliphatic rings. The summed E-state index contributed by atoms with van der Waals surface area (Å²) in [6, 6.07) is 5.60. The van der Waals surface area contributed by atoms with E-state index in [1.165, 1.54) is 0 Å². The number of carboxylic acid groups (broad SMARTS) is 1. The van der Waals surface area contributed by atoms with Gasteiger partial charge < -0.3 is 10.0 Å². The summed E-state index contributed by atoms with van der Waals surface area (Å²) in [4.78, 5) is 13.4. The van der Waals surface area contributed by atoms with Crippen LogP contribution in [0.1, 0.15) is 37.0 Å². The maximum atomic E-state index is 11.3. The second-order valence-electron chi connectivity index (χ2n) is 3.95. The molecule has 0 fully saturated rings. The fraction of sp³-hybridized carbons (Fsp3) is 0.462. The number of halogens is 1. The minimum absolute atomic E-state index is 0.402. The quantitative estimate of drug-likeness (QED) is 0.799. The average Bonchev–Trinajstić information content (AvgIpc) is 2.28. The molecule has 1 rings (SSSR count). The van der Waals surface area contributed by atoms with Crippen LogP contribution in [0, 0.1) is 3.57 Å². The summed E-state index contributed by atoms with van der Waals surface area (Å²) in [5.74, 6) is -0.851. The Labute approximate surface area is 116 Å². The van der Waals surface area contributed by atoms with Crippen LogP contribution in [-0.2, 0) is 0 Å². The molecule has 0 heterocycles. The van der Waals surface area contributed by atoms with Crippen molar-refractivity contribution >= 4 is 34.2 Å². The summed E-state index contributed by atoms with van der Waals surface area (Å²) in [7, 11) is 0. The Kier molecular flexibility index (Phi) is 5.74. The second kappa shape index (κ2) is 6.83. The molecule has 0 amide bonds. The van der Waals surface area contributed by atoms with Crippen LogP contribution in [0.3, 0.4) is 0 Å². The maximum absolute atomic E-state index is 11.3. The Balaban J connectivity index is 3.12. The molecule has 94 valence electrons. The lowest BCUT2D eigenvalue weighted by molar-refractivity contribution is 0.0697. The molecule has 0 unspecified atom stereocenters. The zero-order chi connectivity index (χ0) is 12.8. The number of nitrogens with zero attached hydrogens (tertiary/aromatic N) is 1. The highest BCUT2D eigenvalue weighted by Gasteiger charge is 2.15. The van der Waals surface area contributed by atoms with Gasteiger partial charge in [-0.1, -0.05) is 13.8 Å². The Morgan fingerprint density at radius 1 is 1.29 bits per heavy atom. The molecular weight excluding hydrogens is 329 g/mol. The summed E-state index contributed by atoms with van der Waals surface area (Å²) in [5.41, 5.74) is 1.24. The standard InChI is InChI=1S/C13H18INO2/c1-3-7-15(8-4-2)12-6-5-10(14)9-11(12)13(16)17/h5-6,9H,3-4,7-8H2,1-2H3,(H,16,17). The molecule has 0 aliphatic heterocycles. The predicted octanol–water partition coefficient (Wildman–Crippen LogP) is 3.62. The third kappa shape index (κ3) is 3.87. The lowest BCUT2D eigenvalue weighted by Gasteiger charge is -2.25. The highest BCUT2D eigenvalue weighted by Crippen LogP contribution is 2.23. The normalized spacial score (nSPS) is 10.3. The number of carboxylic acids is 1. The third-order valence-corrected chi connectivity index (χ3v) is 3.19. The zero-order valence-electron chi connectivity index (χ0n) is 10.2. The maximum Gasteiger partial charge on any atom is 0.337 e. The number of rotatable bonds is 6. The van der Waals surface area contributed by atoms with Gasteiger partial charge >= 0.3 is 5.97 Å². The lowest BCUT2D eigenvalue weighted by atomic mass is 10.1. The molecule has 0 bridgehead atoms. The van der Waals surface area contributed by atoms with Gasteiger partial charge in [-0.3, -0.25) is 0 Å². The van der Waals surface area contributed by atoms with Crippen LogP contribution >= 0.6 is 22.6 Å². The zero-order valence-corrected chi connectivity index (χ0v) is 12.4. The molecule has 4 heteroatoms. The Morgan fingerprint density at radius 3 is 2.35 bits per heavy atom. The van der Waals surface area contributed by atoms with Crippen LogP contribution in [0.2, 0.25) is 0 Å². The Bertz CT molecular complexity index is 387.